The Morgan fingerprint density at radius 1 is 1.24 bits per heavy atom. The van der Waals surface area contributed by atoms with Gasteiger partial charge in [-0.05, 0) is 12.1 Å². The van der Waals surface area contributed by atoms with E-state index in [2.05, 4.69) is 15.3 Å². The number of aromatic nitrogens is 2. The number of carbonyl (C=O) groups excluding carboxylic acids is 1. The number of methoxy groups -OCH3 is 1. The first-order valence-electron chi connectivity index (χ1n) is 7.49. The third-order valence-electron chi connectivity index (χ3n) is 3.46. The third kappa shape index (κ3) is 4.74. The third-order valence-corrected chi connectivity index (χ3v) is 5.29. The standard InChI is InChI=1S/C16H20N4O4S/c1-20(2)25(22,23)10-9-18-15(21)13-6-4-5-12(11-13)14-16(24-3)19-8-7-17-14/h4-8,11H,9-10H2,1-3H3,(H,18,21). The first-order valence-corrected chi connectivity index (χ1v) is 9.10. The van der Waals surface area contributed by atoms with Gasteiger partial charge in [-0.1, -0.05) is 12.1 Å². The molecule has 0 aliphatic rings. The molecular formula is C16H20N4O4S. The fourth-order valence-corrected chi connectivity index (χ4v) is 2.78. The lowest BCUT2D eigenvalue weighted by molar-refractivity contribution is 0.0956. The van der Waals surface area contributed by atoms with Crippen molar-refractivity contribution in [3.8, 4) is 17.1 Å². The molecule has 0 aliphatic carbocycles. The van der Waals surface area contributed by atoms with Gasteiger partial charge in [-0.25, -0.2) is 22.7 Å². The number of hydrogen-bond acceptors (Lipinski definition) is 6. The van der Waals surface area contributed by atoms with Crippen molar-refractivity contribution in [3.05, 3.63) is 42.2 Å². The molecular weight excluding hydrogens is 344 g/mol. The normalized spacial score (nSPS) is 11.4. The average Bonchev–Trinajstić information content (AvgIpc) is 2.61. The van der Waals surface area contributed by atoms with Crippen LogP contribution >= 0.6 is 0 Å². The van der Waals surface area contributed by atoms with E-state index in [0.717, 1.165) is 4.31 Å². The van der Waals surface area contributed by atoms with Gasteiger partial charge < -0.3 is 10.1 Å². The number of hydrogen-bond donors (Lipinski definition) is 1. The van der Waals surface area contributed by atoms with Gasteiger partial charge in [0.05, 0.1) is 12.9 Å². The smallest absolute Gasteiger partial charge is 0.251 e. The van der Waals surface area contributed by atoms with Gasteiger partial charge in [-0.2, -0.15) is 0 Å². The van der Waals surface area contributed by atoms with Crippen LogP contribution in [0.25, 0.3) is 11.3 Å². The van der Waals surface area contributed by atoms with E-state index in [1.54, 1.807) is 24.3 Å². The van der Waals surface area contributed by atoms with E-state index in [4.69, 9.17) is 4.74 Å². The van der Waals surface area contributed by atoms with Crippen LogP contribution in [-0.2, 0) is 10.0 Å². The highest BCUT2D eigenvalue weighted by Crippen LogP contribution is 2.25. The minimum absolute atomic E-state index is 0.0258. The molecule has 0 atom stereocenters. The molecule has 1 N–H and O–H groups in total. The van der Waals surface area contributed by atoms with Gasteiger partial charge >= 0.3 is 0 Å². The van der Waals surface area contributed by atoms with Crippen molar-refractivity contribution in [1.29, 1.82) is 0 Å². The maximum absolute atomic E-state index is 12.3. The second-order valence-corrected chi connectivity index (χ2v) is 7.65. The number of carbonyl (C=O) groups is 1. The number of rotatable bonds is 7. The number of benzene rings is 1. The second-order valence-electron chi connectivity index (χ2n) is 5.35. The zero-order valence-electron chi connectivity index (χ0n) is 14.3. The van der Waals surface area contributed by atoms with Crippen LogP contribution in [0.1, 0.15) is 10.4 Å². The predicted molar refractivity (Wildman–Crippen MR) is 93.8 cm³/mol. The Kier molecular flexibility index (Phi) is 6.05. The average molecular weight is 364 g/mol. The minimum Gasteiger partial charge on any atom is -0.479 e. The molecule has 0 aliphatic heterocycles. The number of amides is 1. The Balaban J connectivity index is 2.12. The molecule has 134 valence electrons. The molecule has 0 fully saturated rings. The molecule has 0 radical (unpaired) electrons. The number of ether oxygens (including phenoxy) is 1. The van der Waals surface area contributed by atoms with Crippen molar-refractivity contribution in [2.45, 2.75) is 0 Å². The Morgan fingerprint density at radius 2 is 1.96 bits per heavy atom. The van der Waals surface area contributed by atoms with Crippen LogP contribution in [0.5, 0.6) is 5.88 Å². The quantitative estimate of drug-likeness (QED) is 0.779. The van der Waals surface area contributed by atoms with E-state index in [0.29, 0.717) is 22.7 Å². The van der Waals surface area contributed by atoms with E-state index in [1.807, 2.05) is 0 Å². The van der Waals surface area contributed by atoms with Crippen LogP contribution in [0.4, 0.5) is 0 Å². The molecule has 0 saturated carbocycles. The van der Waals surface area contributed by atoms with Crippen LogP contribution in [0.15, 0.2) is 36.7 Å². The van der Waals surface area contributed by atoms with E-state index in [9.17, 15) is 13.2 Å². The predicted octanol–water partition coefficient (Wildman–Crippen LogP) is 0.773. The lowest BCUT2D eigenvalue weighted by atomic mass is 10.1. The molecule has 9 heteroatoms. The van der Waals surface area contributed by atoms with Gasteiger partial charge in [0.15, 0.2) is 0 Å². The topological polar surface area (TPSA) is 101 Å². The fourth-order valence-electron chi connectivity index (χ4n) is 2.06. The maximum Gasteiger partial charge on any atom is 0.251 e. The highest BCUT2D eigenvalue weighted by atomic mass is 32.2. The van der Waals surface area contributed by atoms with Crippen molar-refractivity contribution in [1.82, 2.24) is 19.6 Å². The molecule has 1 aromatic heterocycles. The number of sulfonamides is 1. The summed E-state index contributed by atoms with van der Waals surface area (Å²) in [6.07, 6.45) is 3.06. The second kappa shape index (κ2) is 8.04. The van der Waals surface area contributed by atoms with Gasteiger partial charge in [0.25, 0.3) is 5.91 Å². The van der Waals surface area contributed by atoms with Gasteiger partial charge in [-0.15, -0.1) is 0 Å². The van der Waals surface area contributed by atoms with Crippen molar-refractivity contribution in [2.24, 2.45) is 0 Å². The fraction of sp³-hybridized carbons (Fsp3) is 0.312. The highest BCUT2D eigenvalue weighted by molar-refractivity contribution is 7.89. The lowest BCUT2D eigenvalue weighted by Crippen LogP contribution is -2.33. The SMILES string of the molecule is COc1nccnc1-c1cccc(C(=O)NCCS(=O)(=O)N(C)C)c1. The van der Waals surface area contributed by atoms with Crippen molar-refractivity contribution >= 4 is 15.9 Å². The monoisotopic (exact) mass is 364 g/mol. The van der Waals surface area contributed by atoms with Gasteiger partial charge in [0, 0.05) is 44.2 Å². The summed E-state index contributed by atoms with van der Waals surface area (Å²) in [6.45, 7) is 0.0258. The Morgan fingerprint density at radius 3 is 2.64 bits per heavy atom. The van der Waals surface area contributed by atoms with Crippen LogP contribution < -0.4 is 10.1 Å². The zero-order chi connectivity index (χ0) is 18.4. The summed E-state index contributed by atoms with van der Waals surface area (Å²) in [7, 11) is 1.05. The first-order chi connectivity index (χ1) is 11.8. The minimum atomic E-state index is -3.35. The van der Waals surface area contributed by atoms with Crippen molar-refractivity contribution in [2.75, 3.05) is 33.5 Å². The molecule has 1 heterocycles. The van der Waals surface area contributed by atoms with Gasteiger partial charge in [0.1, 0.15) is 5.69 Å². The summed E-state index contributed by atoms with van der Waals surface area (Å²) >= 11 is 0. The number of nitrogens with zero attached hydrogens (tertiary/aromatic N) is 3. The Hall–Kier alpha value is -2.52. The van der Waals surface area contributed by atoms with Crippen LogP contribution in [0, 0.1) is 0 Å². The van der Waals surface area contributed by atoms with Crippen LogP contribution in [0.2, 0.25) is 0 Å². The van der Waals surface area contributed by atoms with E-state index < -0.39 is 10.0 Å². The van der Waals surface area contributed by atoms with E-state index in [-0.39, 0.29) is 18.2 Å². The first kappa shape index (κ1) is 18.8. The molecule has 0 bridgehead atoms. The van der Waals surface area contributed by atoms with Crippen LogP contribution in [0.3, 0.4) is 0 Å². The summed E-state index contributed by atoms with van der Waals surface area (Å²) in [5.74, 6) is -0.167. The summed E-state index contributed by atoms with van der Waals surface area (Å²) < 4.78 is 29.7. The molecule has 0 unspecified atom stereocenters. The molecule has 1 amide bonds. The summed E-state index contributed by atoms with van der Waals surface area (Å²) in [5, 5.41) is 2.61. The van der Waals surface area contributed by atoms with Gasteiger partial charge in [0.2, 0.25) is 15.9 Å². The Bertz CT molecular complexity index is 853. The summed E-state index contributed by atoms with van der Waals surface area (Å²) in [5.41, 5.74) is 1.60. The van der Waals surface area contributed by atoms with Crippen molar-refractivity contribution < 1.29 is 17.9 Å². The Labute approximate surface area is 146 Å². The van der Waals surface area contributed by atoms with E-state index >= 15 is 0 Å². The zero-order valence-corrected chi connectivity index (χ0v) is 15.1. The molecule has 8 nitrogen and oxygen atoms in total. The summed E-state index contributed by atoms with van der Waals surface area (Å²) in [4.78, 5) is 20.6. The highest BCUT2D eigenvalue weighted by Gasteiger charge is 2.15. The van der Waals surface area contributed by atoms with Crippen molar-refractivity contribution in [3.63, 3.8) is 0 Å². The lowest BCUT2D eigenvalue weighted by Gasteiger charge is -2.12. The molecule has 1 aromatic carbocycles. The molecule has 2 rings (SSSR count). The molecule has 2 aromatic rings. The summed E-state index contributed by atoms with van der Waals surface area (Å²) in [6, 6.07) is 6.80. The molecule has 0 spiro atoms. The van der Waals surface area contributed by atoms with Crippen LogP contribution in [-0.4, -0.2) is 62.1 Å². The van der Waals surface area contributed by atoms with E-state index in [1.165, 1.54) is 33.6 Å². The number of nitrogens with one attached hydrogen (secondary N) is 1. The largest absolute Gasteiger partial charge is 0.479 e. The van der Waals surface area contributed by atoms with Gasteiger partial charge in [-0.3, -0.25) is 4.79 Å². The maximum atomic E-state index is 12.3. The molecule has 0 saturated heterocycles. The molecule has 25 heavy (non-hydrogen) atoms.